The molecule has 1 N–H and O–H groups in total. The number of nitro groups is 1. The third-order valence-electron chi connectivity index (χ3n) is 6.23. The van der Waals surface area contributed by atoms with Crippen molar-refractivity contribution in [2.24, 2.45) is 7.05 Å². The normalized spacial score (nSPS) is 11.7. The van der Waals surface area contributed by atoms with E-state index in [-0.39, 0.29) is 23.5 Å². The van der Waals surface area contributed by atoms with Gasteiger partial charge < -0.3 is 14.6 Å². The summed E-state index contributed by atoms with van der Waals surface area (Å²) in [6, 6.07) is 17.8. The maximum Gasteiger partial charge on any atom is 0.356 e. The highest BCUT2D eigenvalue weighted by molar-refractivity contribution is 6.30. The Labute approximate surface area is 222 Å². The average molecular weight is 534 g/mol. The van der Waals surface area contributed by atoms with Gasteiger partial charge in [-0.2, -0.15) is 0 Å². The summed E-state index contributed by atoms with van der Waals surface area (Å²) in [5.41, 5.74) is 1.34. The SMILES string of the molecule is CCC(OC(=O)c1c(-c2ccc(Cl)cc2)c2ccccc2c(=O)n1C)C(=O)Nc1cc([N+](=O)[O-])ccc1C. The van der Waals surface area contributed by atoms with Gasteiger partial charge in [-0.05, 0) is 48.1 Å². The van der Waals surface area contributed by atoms with E-state index in [1.807, 2.05) is 0 Å². The predicted molar refractivity (Wildman–Crippen MR) is 146 cm³/mol. The minimum atomic E-state index is -1.22. The van der Waals surface area contributed by atoms with Gasteiger partial charge in [0, 0.05) is 35.2 Å². The molecule has 3 aromatic carbocycles. The van der Waals surface area contributed by atoms with E-state index in [4.69, 9.17) is 16.3 Å². The summed E-state index contributed by atoms with van der Waals surface area (Å²) in [5, 5.41) is 15.2. The lowest BCUT2D eigenvalue weighted by Gasteiger charge is -2.20. The number of esters is 1. The maximum absolute atomic E-state index is 13.6. The minimum Gasteiger partial charge on any atom is -0.448 e. The molecule has 9 nitrogen and oxygen atoms in total. The van der Waals surface area contributed by atoms with Crippen LogP contribution in [0.25, 0.3) is 21.9 Å². The molecule has 38 heavy (non-hydrogen) atoms. The first-order valence-electron chi connectivity index (χ1n) is 11.8. The van der Waals surface area contributed by atoms with Crippen LogP contribution in [-0.4, -0.2) is 27.5 Å². The summed E-state index contributed by atoms with van der Waals surface area (Å²) in [4.78, 5) is 50.4. The van der Waals surface area contributed by atoms with E-state index in [9.17, 15) is 24.5 Å². The van der Waals surface area contributed by atoms with E-state index in [0.717, 1.165) is 0 Å². The van der Waals surface area contributed by atoms with Gasteiger partial charge in [-0.3, -0.25) is 19.7 Å². The lowest BCUT2D eigenvalue weighted by Crippen LogP contribution is -2.34. The van der Waals surface area contributed by atoms with Gasteiger partial charge >= 0.3 is 5.97 Å². The number of benzene rings is 3. The third-order valence-corrected chi connectivity index (χ3v) is 6.48. The van der Waals surface area contributed by atoms with Crippen LogP contribution in [0.3, 0.4) is 0 Å². The van der Waals surface area contributed by atoms with Gasteiger partial charge in [-0.1, -0.05) is 54.9 Å². The van der Waals surface area contributed by atoms with E-state index in [1.54, 1.807) is 62.4 Å². The monoisotopic (exact) mass is 533 g/mol. The first kappa shape index (κ1) is 26.6. The van der Waals surface area contributed by atoms with Crippen LogP contribution in [0.4, 0.5) is 11.4 Å². The molecule has 0 spiro atoms. The number of pyridine rings is 1. The van der Waals surface area contributed by atoms with Gasteiger partial charge in [-0.25, -0.2) is 4.79 Å². The molecule has 1 aromatic heterocycles. The van der Waals surface area contributed by atoms with Gasteiger partial charge in [0.05, 0.1) is 10.6 Å². The van der Waals surface area contributed by atoms with E-state index in [1.165, 1.54) is 29.8 Å². The summed E-state index contributed by atoms with van der Waals surface area (Å²) in [6.07, 6.45) is -1.09. The molecule has 4 rings (SSSR count). The highest BCUT2D eigenvalue weighted by Crippen LogP contribution is 2.32. The molecule has 0 aliphatic heterocycles. The molecular formula is C28H24ClN3O6. The third kappa shape index (κ3) is 5.14. The van der Waals surface area contributed by atoms with Gasteiger partial charge in [0.25, 0.3) is 17.2 Å². The van der Waals surface area contributed by atoms with Crippen molar-refractivity contribution in [3.8, 4) is 11.1 Å². The van der Waals surface area contributed by atoms with Crippen molar-refractivity contribution in [2.75, 3.05) is 5.32 Å². The molecule has 1 heterocycles. The molecule has 194 valence electrons. The highest BCUT2D eigenvalue weighted by Gasteiger charge is 2.28. The van der Waals surface area contributed by atoms with Crippen molar-refractivity contribution in [3.63, 3.8) is 0 Å². The number of non-ortho nitro benzene ring substituents is 1. The standard InChI is InChI=1S/C28H24ClN3O6/c1-4-23(26(33)30-22-15-19(32(36)37)14-9-16(22)2)38-28(35)25-24(17-10-12-18(29)13-11-17)20-7-5-6-8-21(20)27(34)31(25)3/h5-15,23H,4H2,1-3H3,(H,30,33). The van der Waals surface area contributed by atoms with Gasteiger partial charge in [-0.15, -0.1) is 0 Å². The Hall–Kier alpha value is -4.50. The van der Waals surface area contributed by atoms with Crippen LogP contribution in [-0.2, 0) is 16.6 Å². The number of fused-ring (bicyclic) bond motifs is 1. The Morgan fingerprint density at radius 3 is 2.37 bits per heavy atom. The zero-order chi connectivity index (χ0) is 27.6. The number of rotatable bonds is 7. The van der Waals surface area contributed by atoms with Crippen LogP contribution in [0.15, 0.2) is 71.5 Å². The molecule has 4 aromatic rings. The number of nitrogens with zero attached hydrogens (tertiary/aromatic N) is 2. The number of amides is 1. The van der Waals surface area contributed by atoms with Gasteiger partial charge in [0.15, 0.2) is 6.10 Å². The maximum atomic E-state index is 13.6. The average Bonchev–Trinajstić information content (AvgIpc) is 2.90. The summed E-state index contributed by atoms with van der Waals surface area (Å²) >= 11 is 6.07. The minimum absolute atomic E-state index is 0.0196. The highest BCUT2D eigenvalue weighted by atomic mass is 35.5. The number of anilines is 1. The summed E-state index contributed by atoms with van der Waals surface area (Å²) in [7, 11) is 1.47. The Bertz CT molecular complexity index is 1630. The van der Waals surface area contributed by atoms with Crippen LogP contribution in [0.2, 0.25) is 5.02 Å². The van der Waals surface area contributed by atoms with Crippen molar-refractivity contribution in [2.45, 2.75) is 26.4 Å². The molecule has 0 fully saturated rings. The molecule has 10 heteroatoms. The Balaban J connectivity index is 1.74. The number of nitrogens with one attached hydrogen (secondary N) is 1. The van der Waals surface area contributed by atoms with Crippen molar-refractivity contribution < 1.29 is 19.2 Å². The molecule has 0 aliphatic carbocycles. The van der Waals surface area contributed by atoms with Crippen molar-refractivity contribution in [3.05, 3.63) is 103 Å². The summed E-state index contributed by atoms with van der Waals surface area (Å²) in [5.74, 6) is -1.51. The fraction of sp³-hybridized carbons (Fsp3) is 0.179. The van der Waals surface area contributed by atoms with Gasteiger partial charge in [0.2, 0.25) is 0 Å². The molecule has 0 saturated carbocycles. The Morgan fingerprint density at radius 1 is 1.08 bits per heavy atom. The number of hydrogen-bond acceptors (Lipinski definition) is 6. The smallest absolute Gasteiger partial charge is 0.356 e. The molecule has 0 aliphatic rings. The molecule has 0 saturated heterocycles. The van der Waals surface area contributed by atoms with Crippen molar-refractivity contribution >= 4 is 45.6 Å². The lowest BCUT2D eigenvalue weighted by molar-refractivity contribution is -0.384. The number of ether oxygens (including phenoxy) is 1. The van der Waals surface area contributed by atoms with Crippen LogP contribution in [0, 0.1) is 17.0 Å². The zero-order valence-electron chi connectivity index (χ0n) is 20.9. The second-order valence-electron chi connectivity index (χ2n) is 8.69. The first-order chi connectivity index (χ1) is 18.1. The molecular weight excluding hydrogens is 510 g/mol. The molecule has 1 atom stereocenters. The number of nitro benzene ring substituents is 1. The molecule has 1 unspecified atom stereocenters. The largest absolute Gasteiger partial charge is 0.448 e. The quantitative estimate of drug-likeness (QED) is 0.186. The Morgan fingerprint density at radius 2 is 1.74 bits per heavy atom. The van der Waals surface area contributed by atoms with Crippen LogP contribution >= 0.6 is 11.6 Å². The lowest BCUT2D eigenvalue weighted by atomic mass is 9.96. The van der Waals surface area contributed by atoms with Crippen LogP contribution < -0.4 is 10.9 Å². The number of carbonyl (C=O) groups excluding carboxylic acids is 2. The number of aryl methyl sites for hydroxylation is 1. The number of carbonyl (C=O) groups is 2. The number of aromatic nitrogens is 1. The molecule has 0 bridgehead atoms. The second kappa shape index (κ2) is 10.9. The molecule has 1 amide bonds. The number of halogens is 1. The molecule has 0 radical (unpaired) electrons. The number of hydrogen-bond donors (Lipinski definition) is 1. The Kier molecular flexibility index (Phi) is 7.59. The predicted octanol–water partition coefficient (Wildman–Crippen LogP) is 5.65. The van der Waals surface area contributed by atoms with Crippen LogP contribution in [0.5, 0.6) is 0 Å². The van der Waals surface area contributed by atoms with Gasteiger partial charge in [0.1, 0.15) is 5.69 Å². The fourth-order valence-electron chi connectivity index (χ4n) is 4.19. The van der Waals surface area contributed by atoms with E-state index in [0.29, 0.717) is 32.5 Å². The summed E-state index contributed by atoms with van der Waals surface area (Å²) < 4.78 is 6.85. The van der Waals surface area contributed by atoms with E-state index < -0.39 is 28.5 Å². The van der Waals surface area contributed by atoms with Crippen molar-refractivity contribution in [1.82, 2.24) is 4.57 Å². The first-order valence-corrected chi connectivity index (χ1v) is 12.1. The second-order valence-corrected chi connectivity index (χ2v) is 9.12. The van der Waals surface area contributed by atoms with Crippen LogP contribution in [0.1, 0.15) is 29.4 Å². The topological polar surface area (TPSA) is 121 Å². The van der Waals surface area contributed by atoms with Crippen molar-refractivity contribution in [1.29, 1.82) is 0 Å². The van der Waals surface area contributed by atoms with E-state index >= 15 is 0 Å². The summed E-state index contributed by atoms with van der Waals surface area (Å²) in [6.45, 7) is 3.35. The zero-order valence-corrected chi connectivity index (χ0v) is 21.6. The van der Waals surface area contributed by atoms with E-state index in [2.05, 4.69) is 5.32 Å². The fourth-order valence-corrected chi connectivity index (χ4v) is 4.32.